The minimum atomic E-state index is -4.12. The average molecular weight is 153 g/mol. The van der Waals surface area contributed by atoms with E-state index in [1.54, 1.807) is 13.8 Å². The van der Waals surface area contributed by atoms with Gasteiger partial charge in [-0.3, -0.25) is 0 Å². The lowest BCUT2D eigenvalue weighted by Crippen LogP contribution is -2.24. The normalized spacial score (nSPS) is 10.9. The molecule has 0 aromatic rings. The highest BCUT2D eigenvalue weighted by molar-refractivity contribution is 4.91. The van der Waals surface area contributed by atoms with E-state index in [2.05, 4.69) is 5.32 Å². The van der Waals surface area contributed by atoms with Gasteiger partial charge in [0.15, 0.2) is 0 Å². The molecular weight excluding hydrogens is 143 g/mol. The van der Waals surface area contributed by atoms with Crippen LogP contribution < -0.4 is 5.32 Å². The van der Waals surface area contributed by atoms with Gasteiger partial charge in [0, 0.05) is 0 Å². The van der Waals surface area contributed by atoms with Crippen LogP contribution in [0.15, 0.2) is 11.8 Å². The van der Waals surface area contributed by atoms with Crippen LogP contribution in [0.1, 0.15) is 13.8 Å². The lowest BCUT2D eigenvalue weighted by Gasteiger charge is -2.05. The van der Waals surface area contributed by atoms with Crippen molar-refractivity contribution in [3.8, 4) is 0 Å². The molecule has 0 aromatic carbocycles. The van der Waals surface area contributed by atoms with Crippen molar-refractivity contribution in [3.63, 3.8) is 0 Å². The quantitative estimate of drug-likeness (QED) is 0.640. The van der Waals surface area contributed by atoms with Crippen molar-refractivity contribution >= 4 is 0 Å². The Kier molecular flexibility index (Phi) is 3.25. The number of allylic oxidation sites excluding steroid dienone is 1. The maximum absolute atomic E-state index is 11.4. The van der Waals surface area contributed by atoms with E-state index in [9.17, 15) is 13.2 Å². The molecule has 0 aliphatic rings. The Morgan fingerprint density at radius 3 is 2.20 bits per heavy atom. The van der Waals surface area contributed by atoms with Gasteiger partial charge in [0.25, 0.3) is 0 Å². The first kappa shape index (κ1) is 9.33. The van der Waals surface area contributed by atoms with Gasteiger partial charge in [-0.15, -0.1) is 0 Å². The van der Waals surface area contributed by atoms with E-state index in [1.165, 1.54) is 6.20 Å². The summed E-state index contributed by atoms with van der Waals surface area (Å²) in [6.07, 6.45) is -2.78. The number of alkyl halides is 3. The minimum absolute atomic E-state index is 0.823. The maximum atomic E-state index is 11.4. The topological polar surface area (TPSA) is 12.0 Å². The molecule has 0 bridgehead atoms. The lowest BCUT2D eigenvalue weighted by molar-refractivity contribution is -0.122. The van der Waals surface area contributed by atoms with Gasteiger partial charge >= 0.3 is 6.18 Å². The highest BCUT2D eigenvalue weighted by atomic mass is 19.4. The average Bonchev–Trinajstić information content (AvgIpc) is 1.59. The summed E-state index contributed by atoms with van der Waals surface area (Å²) in [7, 11) is 0. The summed E-state index contributed by atoms with van der Waals surface area (Å²) < 4.78 is 34.2. The monoisotopic (exact) mass is 153 g/mol. The van der Waals surface area contributed by atoms with Crippen LogP contribution in [-0.4, -0.2) is 12.7 Å². The van der Waals surface area contributed by atoms with Crippen LogP contribution in [0.3, 0.4) is 0 Å². The van der Waals surface area contributed by atoms with Crippen molar-refractivity contribution in [2.24, 2.45) is 0 Å². The van der Waals surface area contributed by atoms with Crippen LogP contribution >= 0.6 is 0 Å². The first-order valence-corrected chi connectivity index (χ1v) is 2.85. The summed E-state index contributed by atoms with van der Waals surface area (Å²) in [5.74, 6) is 0. The fourth-order valence-corrected chi connectivity index (χ4v) is 0.371. The first-order chi connectivity index (χ1) is 4.42. The standard InChI is InChI=1S/C6H10F3N/c1-5(2)3-10-4-6(7,8)9/h3,10H,4H2,1-2H3. The van der Waals surface area contributed by atoms with Crippen LogP contribution in [0, 0.1) is 0 Å². The minimum Gasteiger partial charge on any atom is -0.383 e. The molecule has 0 aliphatic carbocycles. The van der Waals surface area contributed by atoms with Crippen molar-refractivity contribution in [1.29, 1.82) is 0 Å². The van der Waals surface area contributed by atoms with Crippen molar-refractivity contribution in [2.75, 3.05) is 6.54 Å². The van der Waals surface area contributed by atoms with E-state index in [0.29, 0.717) is 0 Å². The van der Waals surface area contributed by atoms with Gasteiger partial charge in [0.05, 0.1) is 0 Å². The van der Waals surface area contributed by atoms with Gasteiger partial charge in [0.2, 0.25) is 0 Å². The predicted molar refractivity (Wildman–Crippen MR) is 33.5 cm³/mol. The molecule has 0 saturated carbocycles. The molecule has 0 spiro atoms. The maximum Gasteiger partial charge on any atom is 0.405 e. The molecule has 1 N–H and O–H groups in total. The van der Waals surface area contributed by atoms with E-state index >= 15 is 0 Å². The summed E-state index contributed by atoms with van der Waals surface area (Å²) in [5.41, 5.74) is 0.823. The summed E-state index contributed by atoms with van der Waals surface area (Å²) in [4.78, 5) is 0. The van der Waals surface area contributed by atoms with Crippen molar-refractivity contribution in [3.05, 3.63) is 11.8 Å². The molecule has 0 aliphatic heterocycles. The van der Waals surface area contributed by atoms with Gasteiger partial charge in [-0.2, -0.15) is 13.2 Å². The molecule has 0 unspecified atom stereocenters. The molecular formula is C6H10F3N. The molecule has 0 saturated heterocycles. The van der Waals surface area contributed by atoms with Gasteiger partial charge in [-0.25, -0.2) is 0 Å². The zero-order valence-corrected chi connectivity index (χ0v) is 5.92. The Hall–Kier alpha value is -0.670. The third-order valence-corrected chi connectivity index (χ3v) is 0.693. The summed E-state index contributed by atoms with van der Waals surface area (Å²) in [5, 5.41) is 2.14. The Labute approximate surface area is 57.9 Å². The van der Waals surface area contributed by atoms with E-state index < -0.39 is 12.7 Å². The Bertz CT molecular complexity index is 121. The molecule has 10 heavy (non-hydrogen) atoms. The fraction of sp³-hybridized carbons (Fsp3) is 0.667. The van der Waals surface area contributed by atoms with Gasteiger partial charge in [-0.05, 0) is 20.0 Å². The van der Waals surface area contributed by atoms with Crippen molar-refractivity contribution < 1.29 is 13.2 Å². The highest BCUT2D eigenvalue weighted by Gasteiger charge is 2.25. The number of nitrogens with one attached hydrogen (secondary N) is 1. The summed E-state index contributed by atoms with van der Waals surface area (Å²) >= 11 is 0. The molecule has 0 radical (unpaired) electrons. The zero-order valence-electron chi connectivity index (χ0n) is 5.92. The molecule has 4 heteroatoms. The van der Waals surface area contributed by atoms with E-state index in [4.69, 9.17) is 0 Å². The van der Waals surface area contributed by atoms with Crippen LogP contribution in [0.4, 0.5) is 13.2 Å². The van der Waals surface area contributed by atoms with E-state index in [0.717, 1.165) is 5.57 Å². The summed E-state index contributed by atoms with van der Waals surface area (Å²) in [6.45, 7) is 2.49. The van der Waals surface area contributed by atoms with Crippen molar-refractivity contribution in [1.82, 2.24) is 5.32 Å². The number of rotatable bonds is 2. The van der Waals surface area contributed by atoms with E-state index in [-0.39, 0.29) is 0 Å². The van der Waals surface area contributed by atoms with Crippen LogP contribution in [0.5, 0.6) is 0 Å². The Morgan fingerprint density at radius 2 is 1.90 bits per heavy atom. The van der Waals surface area contributed by atoms with Crippen LogP contribution in [-0.2, 0) is 0 Å². The number of hydrogen-bond acceptors (Lipinski definition) is 1. The van der Waals surface area contributed by atoms with Crippen LogP contribution in [0.25, 0.3) is 0 Å². The molecule has 0 rings (SSSR count). The van der Waals surface area contributed by atoms with Crippen molar-refractivity contribution in [2.45, 2.75) is 20.0 Å². The largest absolute Gasteiger partial charge is 0.405 e. The highest BCUT2D eigenvalue weighted by Crippen LogP contribution is 2.11. The molecule has 1 nitrogen and oxygen atoms in total. The fourth-order valence-electron chi connectivity index (χ4n) is 0.371. The smallest absolute Gasteiger partial charge is 0.383 e. The molecule has 0 atom stereocenters. The predicted octanol–water partition coefficient (Wildman–Crippen LogP) is 2.06. The molecule has 60 valence electrons. The third kappa shape index (κ3) is 7.33. The molecule has 0 heterocycles. The summed E-state index contributed by atoms with van der Waals surface area (Å²) in [6, 6.07) is 0. The number of halogens is 3. The van der Waals surface area contributed by atoms with Gasteiger partial charge in [-0.1, -0.05) is 5.57 Å². The Morgan fingerprint density at radius 1 is 1.40 bits per heavy atom. The second-order valence-corrected chi connectivity index (χ2v) is 2.22. The molecule has 0 amide bonds. The second-order valence-electron chi connectivity index (χ2n) is 2.22. The first-order valence-electron chi connectivity index (χ1n) is 2.85. The van der Waals surface area contributed by atoms with Gasteiger partial charge < -0.3 is 5.32 Å². The Balaban J connectivity index is 3.47. The zero-order chi connectivity index (χ0) is 8.20. The van der Waals surface area contributed by atoms with Gasteiger partial charge in [0.1, 0.15) is 6.54 Å². The number of hydrogen-bond donors (Lipinski definition) is 1. The molecule has 0 aromatic heterocycles. The van der Waals surface area contributed by atoms with E-state index in [1.807, 2.05) is 0 Å². The SMILES string of the molecule is CC(C)=CNCC(F)(F)F. The second kappa shape index (κ2) is 3.49. The lowest BCUT2D eigenvalue weighted by atomic mass is 10.4. The molecule has 0 fully saturated rings. The third-order valence-electron chi connectivity index (χ3n) is 0.693. The van der Waals surface area contributed by atoms with Crippen LogP contribution in [0.2, 0.25) is 0 Å².